The topological polar surface area (TPSA) is 29.1 Å². The molecular weight excluding hydrogens is 266 g/mol. The second kappa shape index (κ2) is 7.75. The van der Waals surface area contributed by atoms with Gasteiger partial charge in [-0.05, 0) is 24.1 Å². The Morgan fingerprint density at radius 2 is 1.75 bits per heavy atom. The Hall–Kier alpha value is -1.74. The van der Waals surface area contributed by atoms with Gasteiger partial charge in [0.15, 0.2) is 0 Å². The molecule has 0 spiro atoms. The molecule has 2 aromatic rings. The lowest BCUT2D eigenvalue weighted by Crippen LogP contribution is -2.13. The summed E-state index contributed by atoms with van der Waals surface area (Å²) in [6, 6.07) is 18.2. The molecule has 0 heterocycles. The predicted molar refractivity (Wildman–Crippen MR) is 87.0 cm³/mol. The van der Waals surface area contributed by atoms with Crippen LogP contribution in [-0.2, 0) is 10.5 Å². The molecule has 2 nitrogen and oxygen atoms in total. The predicted octanol–water partition coefficient (Wildman–Crippen LogP) is 4.26. The largest absolute Gasteiger partial charge is 0.326 e. The summed E-state index contributed by atoms with van der Waals surface area (Å²) in [5, 5.41) is 2.96. The molecule has 0 aromatic heterocycles. The Balaban J connectivity index is 1.69. The van der Waals surface area contributed by atoms with Gasteiger partial charge in [0.1, 0.15) is 0 Å². The third-order valence-corrected chi connectivity index (χ3v) is 4.03. The van der Waals surface area contributed by atoms with Crippen molar-refractivity contribution in [1.82, 2.24) is 0 Å². The summed E-state index contributed by atoms with van der Waals surface area (Å²) in [5.41, 5.74) is 3.31. The minimum Gasteiger partial charge on any atom is -0.326 e. The van der Waals surface area contributed by atoms with Gasteiger partial charge in [-0.15, -0.1) is 0 Å². The van der Waals surface area contributed by atoms with Gasteiger partial charge in [0, 0.05) is 23.6 Å². The molecule has 0 aliphatic heterocycles. The van der Waals surface area contributed by atoms with Crippen LogP contribution in [0.4, 0.5) is 5.69 Å². The number of nitrogens with one attached hydrogen (secondary N) is 1. The second-order valence-electron chi connectivity index (χ2n) is 4.65. The Kier molecular flexibility index (Phi) is 5.69. The third kappa shape index (κ3) is 4.74. The zero-order valence-corrected chi connectivity index (χ0v) is 12.5. The first-order valence-electron chi connectivity index (χ1n) is 6.73. The van der Waals surface area contributed by atoms with E-state index in [-0.39, 0.29) is 5.91 Å². The molecule has 1 N–H and O–H groups in total. The second-order valence-corrected chi connectivity index (χ2v) is 5.76. The van der Waals surface area contributed by atoms with Crippen molar-refractivity contribution in [2.45, 2.75) is 19.1 Å². The molecule has 0 radical (unpaired) electrons. The molecule has 0 fully saturated rings. The van der Waals surface area contributed by atoms with Gasteiger partial charge in [0.25, 0.3) is 0 Å². The van der Waals surface area contributed by atoms with E-state index < -0.39 is 0 Å². The Morgan fingerprint density at radius 3 is 2.50 bits per heavy atom. The highest BCUT2D eigenvalue weighted by Gasteiger charge is 2.04. The van der Waals surface area contributed by atoms with E-state index in [1.54, 1.807) is 11.8 Å². The normalized spacial score (nSPS) is 10.2. The number of para-hydroxylation sites is 1. The zero-order chi connectivity index (χ0) is 14.2. The van der Waals surface area contributed by atoms with E-state index in [9.17, 15) is 4.79 Å². The number of thioether (sulfide) groups is 1. The summed E-state index contributed by atoms with van der Waals surface area (Å²) in [6.45, 7) is 2.00. The van der Waals surface area contributed by atoms with Crippen LogP contribution >= 0.6 is 11.8 Å². The molecule has 0 saturated heterocycles. The monoisotopic (exact) mass is 285 g/mol. The van der Waals surface area contributed by atoms with Crippen LogP contribution in [0.15, 0.2) is 54.6 Å². The number of benzene rings is 2. The lowest BCUT2D eigenvalue weighted by atomic mass is 10.2. The van der Waals surface area contributed by atoms with Crippen molar-refractivity contribution >= 4 is 23.4 Å². The van der Waals surface area contributed by atoms with Crippen LogP contribution in [-0.4, -0.2) is 11.7 Å². The zero-order valence-electron chi connectivity index (χ0n) is 11.6. The van der Waals surface area contributed by atoms with E-state index in [0.717, 1.165) is 22.8 Å². The summed E-state index contributed by atoms with van der Waals surface area (Å²) in [6.07, 6.45) is 0.547. The number of aryl methyl sites for hydroxylation is 1. The quantitative estimate of drug-likeness (QED) is 0.804. The first-order chi connectivity index (χ1) is 9.75. The van der Waals surface area contributed by atoms with Crippen molar-refractivity contribution in [3.8, 4) is 0 Å². The highest BCUT2D eigenvalue weighted by Crippen LogP contribution is 2.15. The molecule has 3 heteroatoms. The van der Waals surface area contributed by atoms with Crippen LogP contribution in [0.5, 0.6) is 0 Å². The first-order valence-corrected chi connectivity index (χ1v) is 7.88. The number of rotatable bonds is 6. The van der Waals surface area contributed by atoms with Gasteiger partial charge in [-0.3, -0.25) is 4.79 Å². The fraction of sp³-hybridized carbons (Fsp3) is 0.235. The van der Waals surface area contributed by atoms with Gasteiger partial charge in [0.05, 0.1) is 0 Å². The van der Waals surface area contributed by atoms with Crippen molar-refractivity contribution in [3.05, 3.63) is 65.7 Å². The molecule has 0 atom stereocenters. The Morgan fingerprint density at radius 1 is 1.05 bits per heavy atom. The van der Waals surface area contributed by atoms with E-state index in [4.69, 9.17) is 0 Å². The summed E-state index contributed by atoms with van der Waals surface area (Å²) < 4.78 is 0. The number of anilines is 1. The Bertz CT molecular complexity index is 554. The highest BCUT2D eigenvalue weighted by molar-refractivity contribution is 7.98. The lowest BCUT2D eigenvalue weighted by Gasteiger charge is -2.07. The third-order valence-electron chi connectivity index (χ3n) is 3.00. The van der Waals surface area contributed by atoms with E-state index in [1.165, 1.54) is 5.56 Å². The number of hydrogen-bond donors (Lipinski definition) is 1. The van der Waals surface area contributed by atoms with E-state index in [0.29, 0.717) is 6.42 Å². The van der Waals surface area contributed by atoms with Gasteiger partial charge in [-0.1, -0.05) is 48.5 Å². The number of carbonyl (C=O) groups is 1. The van der Waals surface area contributed by atoms with Gasteiger partial charge < -0.3 is 5.32 Å². The fourth-order valence-electron chi connectivity index (χ4n) is 1.85. The fourth-order valence-corrected chi connectivity index (χ4v) is 2.76. The first kappa shape index (κ1) is 14.7. The summed E-state index contributed by atoms with van der Waals surface area (Å²) in [5.74, 6) is 1.88. The molecular formula is C17H19NOS. The van der Waals surface area contributed by atoms with Crippen molar-refractivity contribution in [2.24, 2.45) is 0 Å². The van der Waals surface area contributed by atoms with Crippen LogP contribution in [0.25, 0.3) is 0 Å². The molecule has 0 aliphatic carbocycles. The van der Waals surface area contributed by atoms with Gasteiger partial charge >= 0.3 is 0 Å². The molecule has 0 aliphatic rings. The number of carbonyl (C=O) groups excluding carboxylic acids is 1. The van der Waals surface area contributed by atoms with Gasteiger partial charge in [-0.2, -0.15) is 11.8 Å². The van der Waals surface area contributed by atoms with E-state index in [1.807, 2.05) is 49.4 Å². The van der Waals surface area contributed by atoms with Crippen LogP contribution in [0.1, 0.15) is 17.5 Å². The molecule has 2 rings (SSSR count). The average molecular weight is 285 g/mol. The maximum atomic E-state index is 11.9. The molecule has 0 saturated carbocycles. The molecule has 1 amide bonds. The van der Waals surface area contributed by atoms with Crippen molar-refractivity contribution in [1.29, 1.82) is 0 Å². The summed E-state index contributed by atoms with van der Waals surface area (Å²) >= 11 is 1.79. The van der Waals surface area contributed by atoms with Gasteiger partial charge in [0.2, 0.25) is 5.91 Å². The standard InChI is InChI=1S/C17H19NOS/c1-14-7-5-6-10-16(14)18-17(19)11-12-20-13-15-8-3-2-4-9-15/h2-10H,11-13H2,1H3,(H,18,19). The van der Waals surface area contributed by atoms with Crippen molar-refractivity contribution in [3.63, 3.8) is 0 Å². The van der Waals surface area contributed by atoms with Crippen LogP contribution < -0.4 is 5.32 Å². The smallest absolute Gasteiger partial charge is 0.225 e. The molecule has 0 unspecified atom stereocenters. The van der Waals surface area contributed by atoms with Crippen LogP contribution in [0.3, 0.4) is 0 Å². The molecule has 104 valence electrons. The maximum Gasteiger partial charge on any atom is 0.225 e. The van der Waals surface area contributed by atoms with Crippen LogP contribution in [0.2, 0.25) is 0 Å². The SMILES string of the molecule is Cc1ccccc1NC(=O)CCSCc1ccccc1. The number of hydrogen-bond acceptors (Lipinski definition) is 2. The van der Waals surface area contributed by atoms with Crippen molar-refractivity contribution in [2.75, 3.05) is 11.1 Å². The van der Waals surface area contributed by atoms with E-state index in [2.05, 4.69) is 17.4 Å². The highest BCUT2D eigenvalue weighted by atomic mass is 32.2. The maximum absolute atomic E-state index is 11.9. The van der Waals surface area contributed by atoms with Crippen molar-refractivity contribution < 1.29 is 4.79 Å². The van der Waals surface area contributed by atoms with E-state index >= 15 is 0 Å². The summed E-state index contributed by atoms with van der Waals surface area (Å²) in [7, 11) is 0. The van der Waals surface area contributed by atoms with Crippen LogP contribution in [0, 0.1) is 6.92 Å². The number of amides is 1. The lowest BCUT2D eigenvalue weighted by molar-refractivity contribution is -0.115. The minimum absolute atomic E-state index is 0.0832. The molecule has 2 aromatic carbocycles. The summed E-state index contributed by atoms with van der Waals surface area (Å²) in [4.78, 5) is 11.9. The molecule has 20 heavy (non-hydrogen) atoms. The minimum atomic E-state index is 0.0832. The average Bonchev–Trinajstić information content (AvgIpc) is 2.47. The van der Waals surface area contributed by atoms with Gasteiger partial charge in [-0.25, -0.2) is 0 Å². The Labute approximate surface area is 124 Å². The molecule has 0 bridgehead atoms.